The molecule has 2 fully saturated rings. The molecule has 1 aromatic rings. The fourth-order valence-electron chi connectivity index (χ4n) is 2.59. The Bertz CT molecular complexity index is 362. The molecule has 90 valence electrons. The second-order valence-electron chi connectivity index (χ2n) is 5.42. The maximum atomic E-state index is 3.73. The molecule has 0 bridgehead atoms. The summed E-state index contributed by atoms with van der Waals surface area (Å²) in [5, 5.41) is 3.73. The molecule has 0 spiro atoms. The molecule has 17 heavy (non-hydrogen) atoms. The molecule has 0 amide bonds. The van der Waals surface area contributed by atoms with Gasteiger partial charge in [0.15, 0.2) is 0 Å². The van der Waals surface area contributed by atoms with Gasteiger partial charge in [0.05, 0.1) is 0 Å². The van der Waals surface area contributed by atoms with Gasteiger partial charge in [-0.25, -0.2) is 0 Å². The third kappa shape index (κ3) is 3.19. The van der Waals surface area contributed by atoms with Gasteiger partial charge in [0.2, 0.25) is 0 Å². The first-order valence-corrected chi connectivity index (χ1v) is 6.88. The quantitative estimate of drug-likeness (QED) is 0.784. The molecule has 0 unspecified atom stereocenters. The van der Waals surface area contributed by atoms with E-state index in [4.69, 9.17) is 0 Å². The standard InChI is InChI=1S/C16H21N/c1-2-5-13(6-3-1)7-4-12-17-16(14-8-9-14)15-10-11-15/h1-7,14-17H,8-12H2/b7-4+. The highest BCUT2D eigenvalue weighted by molar-refractivity contribution is 5.48. The molecule has 1 nitrogen and oxygen atoms in total. The lowest BCUT2D eigenvalue weighted by Crippen LogP contribution is -2.33. The Balaban J connectivity index is 1.46. The normalized spacial score (nSPS) is 20.3. The molecule has 1 N–H and O–H groups in total. The average molecular weight is 227 g/mol. The molecule has 1 aromatic carbocycles. The Labute approximate surface area is 104 Å². The van der Waals surface area contributed by atoms with Gasteiger partial charge in [-0.3, -0.25) is 0 Å². The smallest absolute Gasteiger partial charge is 0.0140 e. The highest BCUT2D eigenvalue weighted by Crippen LogP contribution is 2.44. The Hall–Kier alpha value is -1.08. The number of nitrogens with one attached hydrogen (secondary N) is 1. The molecular weight excluding hydrogens is 206 g/mol. The highest BCUT2D eigenvalue weighted by Gasteiger charge is 2.40. The molecular formula is C16H21N. The summed E-state index contributed by atoms with van der Waals surface area (Å²) < 4.78 is 0. The van der Waals surface area contributed by atoms with Crippen molar-refractivity contribution in [3.05, 3.63) is 42.0 Å². The molecule has 0 atom stereocenters. The first-order valence-electron chi connectivity index (χ1n) is 6.88. The van der Waals surface area contributed by atoms with Crippen LogP contribution in [0.25, 0.3) is 6.08 Å². The summed E-state index contributed by atoms with van der Waals surface area (Å²) in [6, 6.07) is 11.3. The van der Waals surface area contributed by atoms with E-state index < -0.39 is 0 Å². The number of hydrogen-bond donors (Lipinski definition) is 1. The summed E-state index contributed by atoms with van der Waals surface area (Å²) in [6.07, 6.45) is 10.3. The zero-order chi connectivity index (χ0) is 11.5. The number of hydrogen-bond acceptors (Lipinski definition) is 1. The van der Waals surface area contributed by atoms with E-state index in [1.54, 1.807) is 0 Å². The fourth-order valence-corrected chi connectivity index (χ4v) is 2.59. The Morgan fingerprint density at radius 1 is 1.06 bits per heavy atom. The lowest BCUT2D eigenvalue weighted by molar-refractivity contribution is 0.436. The Kier molecular flexibility index (Phi) is 3.28. The van der Waals surface area contributed by atoms with Gasteiger partial charge in [-0.15, -0.1) is 0 Å². The van der Waals surface area contributed by atoms with Crippen molar-refractivity contribution in [1.29, 1.82) is 0 Å². The second kappa shape index (κ2) is 5.05. The van der Waals surface area contributed by atoms with Crippen LogP contribution in [-0.2, 0) is 0 Å². The minimum atomic E-state index is 0.815. The molecule has 0 saturated heterocycles. The van der Waals surface area contributed by atoms with Crippen molar-refractivity contribution >= 4 is 6.08 Å². The third-order valence-electron chi connectivity index (χ3n) is 3.84. The van der Waals surface area contributed by atoms with E-state index >= 15 is 0 Å². The van der Waals surface area contributed by atoms with E-state index in [1.165, 1.54) is 31.2 Å². The molecule has 2 saturated carbocycles. The van der Waals surface area contributed by atoms with E-state index in [1.807, 2.05) is 0 Å². The SMILES string of the molecule is C(=C\c1ccccc1)/CNC(C1CC1)C1CC1. The van der Waals surface area contributed by atoms with Gasteiger partial charge >= 0.3 is 0 Å². The van der Waals surface area contributed by atoms with Crippen LogP contribution >= 0.6 is 0 Å². The summed E-state index contributed by atoms with van der Waals surface area (Å²) in [7, 11) is 0. The van der Waals surface area contributed by atoms with E-state index in [2.05, 4.69) is 47.8 Å². The van der Waals surface area contributed by atoms with Crippen LogP contribution in [0.15, 0.2) is 36.4 Å². The molecule has 0 aliphatic heterocycles. The van der Waals surface area contributed by atoms with Crippen molar-refractivity contribution in [3.8, 4) is 0 Å². The van der Waals surface area contributed by atoms with Gasteiger partial charge in [-0.1, -0.05) is 42.5 Å². The zero-order valence-corrected chi connectivity index (χ0v) is 10.3. The third-order valence-corrected chi connectivity index (χ3v) is 3.84. The van der Waals surface area contributed by atoms with E-state index in [9.17, 15) is 0 Å². The largest absolute Gasteiger partial charge is 0.310 e. The maximum Gasteiger partial charge on any atom is 0.0140 e. The molecule has 2 aliphatic carbocycles. The van der Waals surface area contributed by atoms with E-state index in [0.29, 0.717) is 0 Å². The molecule has 0 radical (unpaired) electrons. The minimum Gasteiger partial charge on any atom is -0.310 e. The Morgan fingerprint density at radius 2 is 1.71 bits per heavy atom. The predicted octanol–water partition coefficient (Wildman–Crippen LogP) is 3.48. The van der Waals surface area contributed by atoms with Gasteiger partial charge in [0.1, 0.15) is 0 Å². The van der Waals surface area contributed by atoms with Crippen LogP contribution in [0, 0.1) is 11.8 Å². The summed E-state index contributed by atoms with van der Waals surface area (Å²) in [4.78, 5) is 0. The van der Waals surface area contributed by atoms with Crippen LogP contribution < -0.4 is 5.32 Å². The summed E-state index contributed by atoms with van der Waals surface area (Å²) in [5.41, 5.74) is 1.30. The lowest BCUT2D eigenvalue weighted by Gasteiger charge is -2.15. The predicted molar refractivity (Wildman–Crippen MR) is 72.7 cm³/mol. The van der Waals surface area contributed by atoms with Crippen molar-refractivity contribution in [2.45, 2.75) is 31.7 Å². The first kappa shape index (κ1) is 11.0. The molecule has 2 aliphatic rings. The zero-order valence-electron chi connectivity index (χ0n) is 10.3. The molecule has 1 heteroatoms. The van der Waals surface area contributed by atoms with Crippen molar-refractivity contribution < 1.29 is 0 Å². The molecule has 0 aromatic heterocycles. The summed E-state index contributed by atoms with van der Waals surface area (Å²) >= 11 is 0. The number of benzene rings is 1. The first-order chi connectivity index (χ1) is 8.43. The lowest BCUT2D eigenvalue weighted by atomic mass is 10.1. The van der Waals surface area contributed by atoms with Crippen LogP contribution in [0.3, 0.4) is 0 Å². The van der Waals surface area contributed by atoms with Crippen LogP contribution in [0.5, 0.6) is 0 Å². The van der Waals surface area contributed by atoms with Gasteiger partial charge in [0, 0.05) is 12.6 Å². The second-order valence-corrected chi connectivity index (χ2v) is 5.42. The summed E-state index contributed by atoms with van der Waals surface area (Å²) in [6.45, 7) is 1.02. The van der Waals surface area contributed by atoms with Crippen molar-refractivity contribution in [2.75, 3.05) is 6.54 Å². The van der Waals surface area contributed by atoms with Gasteiger partial charge in [-0.2, -0.15) is 0 Å². The van der Waals surface area contributed by atoms with Crippen molar-refractivity contribution in [2.24, 2.45) is 11.8 Å². The van der Waals surface area contributed by atoms with Crippen molar-refractivity contribution in [3.63, 3.8) is 0 Å². The molecule has 0 heterocycles. The van der Waals surface area contributed by atoms with Crippen LogP contribution in [0.4, 0.5) is 0 Å². The summed E-state index contributed by atoms with van der Waals surface area (Å²) in [5.74, 6) is 1.99. The van der Waals surface area contributed by atoms with Crippen LogP contribution in [-0.4, -0.2) is 12.6 Å². The highest BCUT2D eigenvalue weighted by atomic mass is 14.9. The number of rotatable bonds is 6. The molecule has 3 rings (SSSR count). The van der Waals surface area contributed by atoms with Gasteiger partial charge < -0.3 is 5.32 Å². The van der Waals surface area contributed by atoms with Crippen LogP contribution in [0.2, 0.25) is 0 Å². The van der Waals surface area contributed by atoms with E-state index in [-0.39, 0.29) is 0 Å². The monoisotopic (exact) mass is 227 g/mol. The van der Waals surface area contributed by atoms with Gasteiger partial charge in [0.25, 0.3) is 0 Å². The maximum absolute atomic E-state index is 3.73. The van der Waals surface area contributed by atoms with Crippen molar-refractivity contribution in [1.82, 2.24) is 5.32 Å². The average Bonchev–Trinajstić information content (AvgIpc) is 3.24. The Morgan fingerprint density at radius 3 is 2.29 bits per heavy atom. The minimum absolute atomic E-state index is 0.815. The fraction of sp³-hybridized carbons (Fsp3) is 0.500. The van der Waals surface area contributed by atoms with Gasteiger partial charge in [-0.05, 0) is 43.1 Å². The topological polar surface area (TPSA) is 12.0 Å². The van der Waals surface area contributed by atoms with E-state index in [0.717, 1.165) is 24.4 Å². The van der Waals surface area contributed by atoms with Crippen LogP contribution in [0.1, 0.15) is 31.2 Å².